The fraction of sp³-hybridized carbons (Fsp3) is 0.231. The molecule has 112 valence electrons. The van der Waals surface area contributed by atoms with Gasteiger partial charge in [0.15, 0.2) is 0 Å². The first kappa shape index (κ1) is 14.8. The Morgan fingerprint density at radius 1 is 1.38 bits per heavy atom. The van der Waals surface area contributed by atoms with Crippen molar-refractivity contribution in [2.24, 2.45) is 5.10 Å². The Hall–Kier alpha value is -2.64. The molecular formula is C13H12F2N2O4. The molecule has 1 N–H and O–H groups in total. The maximum Gasteiger partial charge on any atom is 0.387 e. The van der Waals surface area contributed by atoms with Gasteiger partial charge in [0.25, 0.3) is 0 Å². The molecule has 0 aromatic heterocycles. The van der Waals surface area contributed by atoms with Crippen molar-refractivity contribution < 1.29 is 27.8 Å². The highest BCUT2D eigenvalue weighted by molar-refractivity contribution is 5.92. The van der Waals surface area contributed by atoms with E-state index < -0.39 is 12.5 Å². The van der Waals surface area contributed by atoms with E-state index in [0.717, 1.165) is 0 Å². The molecule has 0 unspecified atom stereocenters. The van der Waals surface area contributed by atoms with Crippen LogP contribution in [0.3, 0.4) is 0 Å². The molecule has 1 heterocycles. The van der Waals surface area contributed by atoms with Crippen molar-refractivity contribution in [1.82, 2.24) is 5.43 Å². The van der Waals surface area contributed by atoms with E-state index in [1.807, 2.05) is 0 Å². The topological polar surface area (TPSA) is 69.2 Å². The molecule has 0 radical (unpaired) electrons. The number of alkyl halides is 2. The summed E-state index contributed by atoms with van der Waals surface area (Å²) in [4.78, 5) is 11.6. The van der Waals surface area contributed by atoms with Gasteiger partial charge in [0, 0.05) is 5.56 Å². The average Bonchev–Trinajstić information content (AvgIpc) is 2.49. The number of hydrogen-bond donors (Lipinski definition) is 1. The second-order valence-corrected chi connectivity index (χ2v) is 3.82. The minimum absolute atomic E-state index is 0.00415. The van der Waals surface area contributed by atoms with E-state index in [4.69, 9.17) is 9.47 Å². The zero-order valence-electron chi connectivity index (χ0n) is 10.8. The van der Waals surface area contributed by atoms with Crippen LogP contribution in [0.15, 0.2) is 41.4 Å². The highest BCUT2D eigenvalue weighted by Crippen LogP contribution is 2.18. The van der Waals surface area contributed by atoms with Crippen molar-refractivity contribution in [2.45, 2.75) is 6.61 Å². The maximum atomic E-state index is 12.2. The van der Waals surface area contributed by atoms with Crippen LogP contribution in [0.1, 0.15) is 5.56 Å². The van der Waals surface area contributed by atoms with E-state index in [9.17, 15) is 13.6 Å². The Balaban J connectivity index is 1.98. The van der Waals surface area contributed by atoms with E-state index in [0.29, 0.717) is 12.2 Å². The van der Waals surface area contributed by atoms with Crippen molar-refractivity contribution in [2.75, 3.05) is 13.2 Å². The number of carbonyl (C=O) groups is 1. The van der Waals surface area contributed by atoms with Crippen LogP contribution in [0.2, 0.25) is 0 Å². The predicted octanol–water partition coefficient (Wildman–Crippen LogP) is 1.63. The van der Waals surface area contributed by atoms with E-state index in [1.54, 1.807) is 12.1 Å². The van der Waals surface area contributed by atoms with Crippen LogP contribution in [-0.4, -0.2) is 31.9 Å². The first-order valence-corrected chi connectivity index (χ1v) is 5.98. The number of carbonyl (C=O) groups excluding carboxylic acids is 1. The molecule has 1 amide bonds. The quantitative estimate of drug-likeness (QED) is 0.662. The number of nitrogens with one attached hydrogen (secondary N) is 1. The summed E-state index contributed by atoms with van der Waals surface area (Å²) in [6.45, 7) is -2.29. The molecule has 0 bridgehead atoms. The van der Waals surface area contributed by atoms with Crippen LogP contribution in [0.25, 0.3) is 0 Å². The van der Waals surface area contributed by atoms with Gasteiger partial charge < -0.3 is 14.2 Å². The number of hydrogen-bond acceptors (Lipinski definition) is 5. The number of rotatable bonds is 5. The van der Waals surface area contributed by atoms with Crippen molar-refractivity contribution in [3.8, 4) is 5.75 Å². The van der Waals surface area contributed by atoms with E-state index >= 15 is 0 Å². The molecular weight excluding hydrogens is 286 g/mol. The smallest absolute Gasteiger partial charge is 0.387 e. The SMILES string of the molecule is O=C(N/N=C/c1ccccc1OC(F)F)C1=COCCO1. The summed E-state index contributed by atoms with van der Waals surface area (Å²) in [5.74, 6) is -0.643. The Labute approximate surface area is 119 Å². The third-order valence-corrected chi connectivity index (χ3v) is 2.38. The van der Waals surface area contributed by atoms with Gasteiger partial charge in [-0.15, -0.1) is 0 Å². The summed E-state index contributed by atoms with van der Waals surface area (Å²) in [6, 6.07) is 6.07. The Morgan fingerprint density at radius 3 is 2.90 bits per heavy atom. The van der Waals surface area contributed by atoms with Crippen molar-refractivity contribution in [3.63, 3.8) is 0 Å². The minimum atomic E-state index is -2.94. The zero-order chi connectivity index (χ0) is 15.1. The molecule has 21 heavy (non-hydrogen) atoms. The lowest BCUT2D eigenvalue weighted by atomic mass is 10.2. The second-order valence-electron chi connectivity index (χ2n) is 3.82. The van der Waals surface area contributed by atoms with Crippen LogP contribution in [0, 0.1) is 0 Å². The number of amides is 1. The monoisotopic (exact) mass is 298 g/mol. The molecule has 1 aliphatic heterocycles. The molecule has 0 saturated heterocycles. The van der Waals surface area contributed by atoms with Gasteiger partial charge in [-0.1, -0.05) is 12.1 Å². The molecule has 6 nitrogen and oxygen atoms in total. The van der Waals surface area contributed by atoms with Crippen LogP contribution in [0.4, 0.5) is 8.78 Å². The zero-order valence-corrected chi connectivity index (χ0v) is 10.8. The predicted molar refractivity (Wildman–Crippen MR) is 68.8 cm³/mol. The molecule has 1 aliphatic rings. The third kappa shape index (κ3) is 4.44. The summed E-state index contributed by atoms with van der Waals surface area (Å²) in [6.07, 6.45) is 2.38. The lowest BCUT2D eigenvalue weighted by molar-refractivity contribution is -0.122. The van der Waals surface area contributed by atoms with E-state index in [1.165, 1.54) is 24.6 Å². The van der Waals surface area contributed by atoms with Gasteiger partial charge in [-0.05, 0) is 12.1 Å². The summed E-state index contributed by atoms with van der Waals surface area (Å²) in [7, 11) is 0. The molecule has 0 aliphatic carbocycles. The molecule has 1 aromatic rings. The molecule has 2 rings (SSSR count). The minimum Gasteiger partial charge on any atom is -0.494 e. The molecule has 0 spiro atoms. The van der Waals surface area contributed by atoms with Crippen LogP contribution >= 0.6 is 0 Å². The van der Waals surface area contributed by atoms with Crippen LogP contribution in [-0.2, 0) is 14.3 Å². The number of nitrogens with zero attached hydrogens (tertiary/aromatic N) is 1. The number of ether oxygens (including phenoxy) is 3. The molecule has 8 heteroatoms. The molecule has 0 atom stereocenters. The average molecular weight is 298 g/mol. The normalized spacial score (nSPS) is 14.3. The van der Waals surface area contributed by atoms with Gasteiger partial charge in [-0.2, -0.15) is 13.9 Å². The lowest BCUT2D eigenvalue weighted by Gasteiger charge is -2.13. The van der Waals surface area contributed by atoms with E-state index in [-0.39, 0.29) is 18.1 Å². The molecule has 0 fully saturated rings. The molecule has 0 saturated carbocycles. The number of para-hydroxylation sites is 1. The third-order valence-electron chi connectivity index (χ3n) is 2.38. The van der Waals surface area contributed by atoms with Gasteiger partial charge >= 0.3 is 12.5 Å². The maximum absolute atomic E-state index is 12.2. The lowest BCUT2D eigenvalue weighted by Crippen LogP contribution is -2.24. The van der Waals surface area contributed by atoms with E-state index in [2.05, 4.69) is 15.3 Å². The largest absolute Gasteiger partial charge is 0.494 e. The van der Waals surface area contributed by atoms with Crippen LogP contribution in [0.5, 0.6) is 5.75 Å². The van der Waals surface area contributed by atoms with Gasteiger partial charge in [0.05, 0.1) is 6.21 Å². The molecule has 1 aromatic carbocycles. The summed E-state index contributed by atoms with van der Waals surface area (Å²) in [5.41, 5.74) is 2.49. The number of halogens is 2. The van der Waals surface area contributed by atoms with Gasteiger partial charge in [0.2, 0.25) is 5.76 Å². The Morgan fingerprint density at radius 2 is 2.19 bits per heavy atom. The van der Waals surface area contributed by atoms with Crippen molar-refractivity contribution in [1.29, 1.82) is 0 Å². The standard InChI is InChI=1S/C13H12F2N2O4/c14-13(15)21-10-4-2-1-3-9(10)7-16-17-12(18)11-8-19-5-6-20-11/h1-4,7-8,13H,5-6H2,(H,17,18)/b16-7+. The van der Waals surface area contributed by atoms with Crippen LogP contribution < -0.4 is 10.2 Å². The second kappa shape index (κ2) is 7.22. The van der Waals surface area contributed by atoms with Crippen molar-refractivity contribution in [3.05, 3.63) is 41.9 Å². The Kier molecular flexibility index (Phi) is 5.08. The number of hydrazone groups is 1. The van der Waals surface area contributed by atoms with Crippen molar-refractivity contribution >= 4 is 12.1 Å². The first-order valence-electron chi connectivity index (χ1n) is 5.98. The fourth-order valence-electron chi connectivity index (χ4n) is 1.49. The van der Waals surface area contributed by atoms with Gasteiger partial charge in [-0.25, -0.2) is 5.43 Å². The highest BCUT2D eigenvalue weighted by atomic mass is 19.3. The van der Waals surface area contributed by atoms with Gasteiger partial charge in [-0.3, -0.25) is 4.79 Å². The summed E-state index contributed by atoms with van der Waals surface area (Å²) in [5, 5.41) is 3.66. The summed E-state index contributed by atoms with van der Waals surface area (Å²) >= 11 is 0. The fourth-order valence-corrected chi connectivity index (χ4v) is 1.49. The van der Waals surface area contributed by atoms with Gasteiger partial charge in [0.1, 0.15) is 25.2 Å². The Bertz CT molecular complexity index is 561. The summed E-state index contributed by atoms with van der Waals surface area (Å²) < 4.78 is 38.7. The first-order chi connectivity index (χ1) is 10.2. The number of benzene rings is 1. The highest BCUT2D eigenvalue weighted by Gasteiger charge is 2.14.